The molecule has 290 valence electrons. The molecule has 0 atom stereocenters. The first-order valence-corrected chi connectivity index (χ1v) is 20.6. The minimum Gasteiger partial charge on any atom is -0.455 e. The molecular weight excluding hydrogens is 761 g/mol. The second-order valence-corrected chi connectivity index (χ2v) is 15.4. The Bertz CT molecular complexity index is 3270. The monoisotopic (exact) mass is 794 g/mol. The van der Waals surface area contributed by atoms with Gasteiger partial charge in [-0.25, -0.2) is 19.9 Å². The largest absolute Gasteiger partial charge is 0.455 e. The summed E-state index contributed by atoms with van der Waals surface area (Å²) in [5.41, 5.74) is 14.2. The van der Waals surface area contributed by atoms with Crippen LogP contribution < -0.4 is 0 Å². The number of furan rings is 2. The topological polar surface area (TPSA) is 77.8 Å². The standard InChI is InChI=1S/C56H34N4O2/c1-6-16-35(17-7-1)46-33-47(36-18-8-2-9-19-36)58-55(57-46)40-26-28-50-42(30-40)44-32-45-43-31-41(27-29-51(43)62-54(45)52(53(44)61-50)39-24-14-5-15-25-39)56-59-48(37-20-10-3-11-21-37)34-49(60-56)38-22-12-4-13-23-38/h1-34H. The molecular formula is C56H34N4O2. The molecule has 0 unspecified atom stereocenters. The molecule has 0 aliphatic carbocycles. The van der Waals surface area contributed by atoms with Gasteiger partial charge < -0.3 is 8.83 Å². The smallest absolute Gasteiger partial charge is 0.160 e. The van der Waals surface area contributed by atoms with E-state index in [0.717, 1.165) is 111 Å². The Hall–Kier alpha value is -8.48. The first-order valence-electron chi connectivity index (χ1n) is 20.6. The van der Waals surface area contributed by atoms with Crippen molar-refractivity contribution in [2.24, 2.45) is 0 Å². The Morgan fingerprint density at radius 2 is 0.581 bits per heavy atom. The summed E-state index contributed by atoms with van der Waals surface area (Å²) in [5, 5.41) is 3.86. The fourth-order valence-corrected chi connectivity index (χ4v) is 8.46. The van der Waals surface area contributed by atoms with Crippen LogP contribution in [0.5, 0.6) is 0 Å². The molecule has 12 rings (SSSR count). The van der Waals surface area contributed by atoms with Crippen LogP contribution in [0.15, 0.2) is 215 Å². The summed E-state index contributed by atoms with van der Waals surface area (Å²) >= 11 is 0. The van der Waals surface area contributed by atoms with Gasteiger partial charge in [0, 0.05) is 54.9 Å². The van der Waals surface area contributed by atoms with Gasteiger partial charge in [0.05, 0.1) is 28.3 Å². The quantitative estimate of drug-likeness (QED) is 0.160. The summed E-state index contributed by atoms with van der Waals surface area (Å²) < 4.78 is 13.6. The lowest BCUT2D eigenvalue weighted by molar-refractivity contribution is 0.658. The molecule has 12 aromatic rings. The number of nitrogens with zero attached hydrogens (tertiary/aromatic N) is 4. The number of hydrogen-bond donors (Lipinski definition) is 0. The summed E-state index contributed by atoms with van der Waals surface area (Å²) in [4.78, 5) is 20.6. The van der Waals surface area contributed by atoms with E-state index in [1.165, 1.54) is 0 Å². The minimum atomic E-state index is 0.636. The van der Waals surface area contributed by atoms with E-state index in [0.29, 0.717) is 11.6 Å². The van der Waals surface area contributed by atoms with Crippen LogP contribution in [0.4, 0.5) is 0 Å². The lowest BCUT2D eigenvalue weighted by atomic mass is 9.97. The fraction of sp³-hybridized carbons (Fsp3) is 0. The molecule has 0 saturated carbocycles. The van der Waals surface area contributed by atoms with E-state index in [1.807, 2.05) is 115 Å². The van der Waals surface area contributed by atoms with Gasteiger partial charge in [-0.3, -0.25) is 0 Å². The zero-order valence-corrected chi connectivity index (χ0v) is 33.2. The van der Waals surface area contributed by atoms with Gasteiger partial charge in [0.1, 0.15) is 22.3 Å². The highest BCUT2D eigenvalue weighted by atomic mass is 16.3. The second-order valence-electron chi connectivity index (χ2n) is 15.4. The van der Waals surface area contributed by atoms with Gasteiger partial charge in [-0.05, 0) is 60.2 Å². The maximum absolute atomic E-state index is 6.80. The van der Waals surface area contributed by atoms with Crippen LogP contribution in [0.1, 0.15) is 0 Å². The van der Waals surface area contributed by atoms with Crippen molar-refractivity contribution >= 4 is 43.9 Å². The average Bonchev–Trinajstić information content (AvgIpc) is 3.91. The molecule has 0 fully saturated rings. The van der Waals surface area contributed by atoms with Gasteiger partial charge in [0.15, 0.2) is 11.6 Å². The number of benzene rings is 8. The van der Waals surface area contributed by atoms with E-state index in [-0.39, 0.29) is 0 Å². The number of hydrogen-bond acceptors (Lipinski definition) is 6. The number of rotatable bonds is 7. The molecule has 8 aromatic carbocycles. The third-order valence-electron chi connectivity index (χ3n) is 11.5. The molecule has 0 spiro atoms. The minimum absolute atomic E-state index is 0.636. The summed E-state index contributed by atoms with van der Waals surface area (Å²) in [5.74, 6) is 1.27. The molecule has 0 aliphatic rings. The second kappa shape index (κ2) is 14.7. The summed E-state index contributed by atoms with van der Waals surface area (Å²) in [6.07, 6.45) is 0. The van der Waals surface area contributed by atoms with E-state index in [9.17, 15) is 0 Å². The molecule has 0 aliphatic heterocycles. The van der Waals surface area contributed by atoms with Gasteiger partial charge >= 0.3 is 0 Å². The molecule has 6 heteroatoms. The maximum Gasteiger partial charge on any atom is 0.160 e. The molecule has 0 N–H and O–H groups in total. The third-order valence-corrected chi connectivity index (χ3v) is 11.5. The normalized spacial score (nSPS) is 11.5. The van der Waals surface area contributed by atoms with E-state index in [2.05, 4.69) is 91.0 Å². The summed E-state index contributed by atoms with van der Waals surface area (Å²) in [7, 11) is 0. The highest BCUT2D eigenvalue weighted by molar-refractivity contribution is 6.22. The SMILES string of the molecule is c1ccc(-c2cc(-c3ccccc3)nc(-c3ccc4oc5c(-c6ccccc6)c6oc7ccc(-c8nc(-c9ccccc9)cc(-c9ccccc9)n8)cc7c6cc5c4c3)n2)cc1. The Morgan fingerprint density at radius 3 is 0.919 bits per heavy atom. The Labute approximate surface area is 356 Å². The predicted molar refractivity (Wildman–Crippen MR) is 250 cm³/mol. The van der Waals surface area contributed by atoms with E-state index in [1.54, 1.807) is 0 Å². The maximum atomic E-state index is 6.80. The van der Waals surface area contributed by atoms with Crippen LogP contribution in [0, 0.1) is 0 Å². The van der Waals surface area contributed by atoms with E-state index in [4.69, 9.17) is 28.8 Å². The summed E-state index contributed by atoms with van der Waals surface area (Å²) in [6.45, 7) is 0. The zero-order valence-electron chi connectivity index (χ0n) is 33.2. The molecule has 62 heavy (non-hydrogen) atoms. The van der Waals surface area contributed by atoms with E-state index < -0.39 is 0 Å². The lowest BCUT2D eigenvalue weighted by Crippen LogP contribution is -1.95. The van der Waals surface area contributed by atoms with Gasteiger partial charge in [0.2, 0.25) is 0 Å². The van der Waals surface area contributed by atoms with Crippen molar-refractivity contribution < 1.29 is 8.83 Å². The first-order chi connectivity index (χ1) is 30.7. The summed E-state index contributed by atoms with van der Waals surface area (Å²) in [6, 6.07) is 70.1. The van der Waals surface area contributed by atoms with Crippen molar-refractivity contribution in [3.05, 3.63) is 206 Å². The van der Waals surface area contributed by atoms with Gasteiger partial charge in [-0.1, -0.05) is 152 Å². The van der Waals surface area contributed by atoms with Gasteiger partial charge in [-0.15, -0.1) is 0 Å². The molecule has 0 amide bonds. The zero-order chi connectivity index (χ0) is 41.0. The van der Waals surface area contributed by atoms with Crippen molar-refractivity contribution in [1.29, 1.82) is 0 Å². The van der Waals surface area contributed by atoms with Crippen molar-refractivity contribution in [3.63, 3.8) is 0 Å². The molecule has 0 radical (unpaired) electrons. The van der Waals surface area contributed by atoms with Crippen molar-refractivity contribution in [1.82, 2.24) is 19.9 Å². The van der Waals surface area contributed by atoms with Crippen molar-refractivity contribution in [2.45, 2.75) is 0 Å². The lowest BCUT2D eigenvalue weighted by Gasteiger charge is -2.09. The van der Waals surface area contributed by atoms with Crippen LogP contribution in [-0.4, -0.2) is 19.9 Å². The molecule has 0 bridgehead atoms. The Morgan fingerprint density at radius 1 is 0.258 bits per heavy atom. The highest BCUT2D eigenvalue weighted by Crippen LogP contribution is 2.45. The number of aromatic nitrogens is 4. The Kier molecular flexibility index (Phi) is 8.38. The van der Waals surface area contributed by atoms with E-state index >= 15 is 0 Å². The molecule has 0 saturated heterocycles. The van der Waals surface area contributed by atoms with Crippen LogP contribution in [0.2, 0.25) is 0 Å². The van der Waals surface area contributed by atoms with Gasteiger partial charge in [-0.2, -0.15) is 0 Å². The molecule has 4 heterocycles. The van der Waals surface area contributed by atoms with Crippen LogP contribution in [0.3, 0.4) is 0 Å². The molecule has 6 nitrogen and oxygen atoms in total. The highest BCUT2D eigenvalue weighted by Gasteiger charge is 2.23. The average molecular weight is 795 g/mol. The number of fused-ring (bicyclic) bond motifs is 6. The van der Waals surface area contributed by atoms with Crippen LogP contribution in [-0.2, 0) is 0 Å². The van der Waals surface area contributed by atoms with Crippen LogP contribution >= 0.6 is 0 Å². The van der Waals surface area contributed by atoms with Crippen molar-refractivity contribution in [3.8, 4) is 78.9 Å². The van der Waals surface area contributed by atoms with Crippen LogP contribution in [0.25, 0.3) is 123 Å². The van der Waals surface area contributed by atoms with Crippen molar-refractivity contribution in [2.75, 3.05) is 0 Å². The Balaban J connectivity index is 1.07. The molecule has 4 aromatic heterocycles. The van der Waals surface area contributed by atoms with Gasteiger partial charge in [0.25, 0.3) is 0 Å². The third kappa shape index (κ3) is 6.21. The fourth-order valence-electron chi connectivity index (χ4n) is 8.46. The first kappa shape index (κ1) is 35.5. The predicted octanol–water partition coefficient (Wildman–Crippen LogP) is 14.7.